The highest BCUT2D eigenvalue weighted by Gasteiger charge is 1.95. The molecule has 0 saturated heterocycles. The van der Waals surface area contributed by atoms with Crippen LogP contribution in [0.5, 0.6) is 0 Å². The Labute approximate surface area is 77.7 Å². The molecule has 1 rings (SSSR count). The van der Waals surface area contributed by atoms with Gasteiger partial charge in [0.1, 0.15) is 0 Å². The smallest absolute Gasteiger partial charge is 0.0763 e. The van der Waals surface area contributed by atoms with E-state index in [1.807, 2.05) is 25.1 Å². The second-order valence-corrected chi connectivity index (χ2v) is 2.93. The van der Waals surface area contributed by atoms with E-state index in [0.29, 0.717) is 6.54 Å². The zero-order valence-corrected chi connectivity index (χ0v) is 7.65. The Morgan fingerprint density at radius 2 is 2.33 bits per heavy atom. The van der Waals surface area contributed by atoms with E-state index in [2.05, 4.69) is 11.2 Å². The molecule has 1 nitrogen and oxygen atoms in total. The molecule has 0 aromatic heterocycles. The van der Waals surface area contributed by atoms with Crippen molar-refractivity contribution in [3.63, 3.8) is 0 Å². The highest BCUT2D eigenvalue weighted by molar-refractivity contribution is 6.31. The van der Waals surface area contributed by atoms with Crippen LogP contribution in [0.15, 0.2) is 18.2 Å². The lowest BCUT2D eigenvalue weighted by molar-refractivity contribution is 1.36. The Morgan fingerprint density at radius 1 is 1.58 bits per heavy atom. The van der Waals surface area contributed by atoms with Gasteiger partial charge in [-0.05, 0) is 24.6 Å². The lowest BCUT2D eigenvalue weighted by atomic mass is 10.2. The predicted molar refractivity (Wildman–Crippen MR) is 53.5 cm³/mol. The fraction of sp³-hybridized carbons (Fsp3) is 0.200. The van der Waals surface area contributed by atoms with E-state index in [1.54, 1.807) is 0 Å². The molecule has 1 aromatic carbocycles. The van der Waals surface area contributed by atoms with E-state index >= 15 is 0 Å². The summed E-state index contributed by atoms with van der Waals surface area (Å²) in [7, 11) is 0. The Kier molecular flexibility index (Phi) is 3.01. The van der Waals surface area contributed by atoms with Crippen molar-refractivity contribution >= 4 is 17.3 Å². The number of nitrogens with one attached hydrogen (secondary N) is 1. The summed E-state index contributed by atoms with van der Waals surface area (Å²) in [5.41, 5.74) is 2.03. The van der Waals surface area contributed by atoms with Crippen molar-refractivity contribution in [2.75, 3.05) is 11.9 Å². The SMILES string of the molecule is C#CCNc1ccc(C)c(Cl)c1. The van der Waals surface area contributed by atoms with Gasteiger partial charge in [0, 0.05) is 10.7 Å². The zero-order valence-electron chi connectivity index (χ0n) is 6.89. The fourth-order valence-corrected chi connectivity index (χ4v) is 1.04. The molecular weight excluding hydrogens is 170 g/mol. The number of hydrogen-bond acceptors (Lipinski definition) is 1. The van der Waals surface area contributed by atoms with Crippen molar-refractivity contribution in [1.82, 2.24) is 0 Å². The summed E-state index contributed by atoms with van der Waals surface area (Å²) in [6.45, 7) is 2.49. The van der Waals surface area contributed by atoms with Crippen LogP contribution < -0.4 is 5.32 Å². The van der Waals surface area contributed by atoms with Crippen LogP contribution in [0.25, 0.3) is 0 Å². The first kappa shape index (κ1) is 8.96. The van der Waals surface area contributed by atoms with Gasteiger partial charge in [0.15, 0.2) is 0 Å². The van der Waals surface area contributed by atoms with Crippen LogP contribution in [0.2, 0.25) is 5.02 Å². The summed E-state index contributed by atoms with van der Waals surface area (Å²) in [5.74, 6) is 2.50. The third-order valence-electron chi connectivity index (χ3n) is 1.57. The van der Waals surface area contributed by atoms with Gasteiger partial charge < -0.3 is 5.32 Å². The Balaban J connectivity index is 2.77. The van der Waals surface area contributed by atoms with Gasteiger partial charge in [-0.2, -0.15) is 0 Å². The van der Waals surface area contributed by atoms with Gasteiger partial charge in [0.2, 0.25) is 0 Å². The molecule has 0 aliphatic carbocycles. The molecule has 62 valence electrons. The summed E-state index contributed by atoms with van der Waals surface area (Å²) in [6.07, 6.45) is 5.10. The first-order valence-electron chi connectivity index (χ1n) is 3.67. The van der Waals surface area contributed by atoms with Crippen LogP contribution in [0.3, 0.4) is 0 Å². The molecule has 0 atom stereocenters. The number of rotatable bonds is 2. The van der Waals surface area contributed by atoms with Crippen molar-refractivity contribution in [1.29, 1.82) is 0 Å². The molecule has 1 N–H and O–H groups in total. The van der Waals surface area contributed by atoms with Crippen molar-refractivity contribution in [3.05, 3.63) is 28.8 Å². The third-order valence-corrected chi connectivity index (χ3v) is 1.97. The summed E-state index contributed by atoms with van der Waals surface area (Å²) < 4.78 is 0. The van der Waals surface area contributed by atoms with Crippen molar-refractivity contribution in [2.24, 2.45) is 0 Å². The van der Waals surface area contributed by atoms with Gasteiger partial charge in [0.05, 0.1) is 6.54 Å². The monoisotopic (exact) mass is 179 g/mol. The average molecular weight is 180 g/mol. The molecular formula is C10H10ClN. The Hall–Kier alpha value is -1.13. The molecule has 0 saturated carbocycles. The Bertz CT molecular complexity index is 312. The maximum atomic E-state index is 5.90. The highest BCUT2D eigenvalue weighted by Crippen LogP contribution is 2.19. The molecule has 0 fully saturated rings. The quantitative estimate of drug-likeness (QED) is 0.689. The number of benzene rings is 1. The van der Waals surface area contributed by atoms with Gasteiger partial charge in [-0.25, -0.2) is 0 Å². The minimum absolute atomic E-state index is 0.527. The van der Waals surface area contributed by atoms with Crippen LogP contribution in [-0.4, -0.2) is 6.54 Å². The topological polar surface area (TPSA) is 12.0 Å². The number of hydrogen-bond donors (Lipinski definition) is 1. The Morgan fingerprint density at radius 3 is 2.92 bits per heavy atom. The first-order valence-corrected chi connectivity index (χ1v) is 4.05. The number of terminal acetylenes is 1. The predicted octanol–water partition coefficient (Wildman–Crippen LogP) is 2.69. The minimum atomic E-state index is 0.527. The van der Waals surface area contributed by atoms with Crippen molar-refractivity contribution in [3.8, 4) is 12.3 Å². The number of halogens is 1. The average Bonchev–Trinajstić information content (AvgIpc) is 2.07. The molecule has 0 amide bonds. The first-order chi connectivity index (χ1) is 5.74. The maximum absolute atomic E-state index is 5.90. The van der Waals surface area contributed by atoms with Crippen LogP contribution in [0.1, 0.15) is 5.56 Å². The van der Waals surface area contributed by atoms with E-state index in [4.69, 9.17) is 18.0 Å². The van der Waals surface area contributed by atoms with Crippen molar-refractivity contribution < 1.29 is 0 Å². The van der Waals surface area contributed by atoms with E-state index in [9.17, 15) is 0 Å². The molecule has 2 heteroatoms. The van der Waals surface area contributed by atoms with Crippen LogP contribution >= 0.6 is 11.6 Å². The minimum Gasteiger partial charge on any atom is -0.374 e. The van der Waals surface area contributed by atoms with E-state index in [-0.39, 0.29) is 0 Å². The molecule has 0 heterocycles. The molecule has 0 radical (unpaired) electrons. The van der Waals surface area contributed by atoms with Gasteiger partial charge in [0.25, 0.3) is 0 Å². The van der Waals surface area contributed by atoms with Crippen LogP contribution in [-0.2, 0) is 0 Å². The van der Waals surface area contributed by atoms with Gasteiger partial charge in [-0.15, -0.1) is 6.42 Å². The summed E-state index contributed by atoms with van der Waals surface area (Å²) >= 11 is 5.90. The normalized spacial score (nSPS) is 9.08. The van der Waals surface area contributed by atoms with Crippen LogP contribution in [0, 0.1) is 19.3 Å². The van der Waals surface area contributed by atoms with E-state index in [0.717, 1.165) is 16.3 Å². The number of anilines is 1. The van der Waals surface area contributed by atoms with Gasteiger partial charge in [-0.1, -0.05) is 23.6 Å². The van der Waals surface area contributed by atoms with E-state index in [1.165, 1.54) is 0 Å². The maximum Gasteiger partial charge on any atom is 0.0763 e. The lowest BCUT2D eigenvalue weighted by Crippen LogP contribution is -1.97. The summed E-state index contributed by atoms with van der Waals surface area (Å²) in [4.78, 5) is 0. The summed E-state index contributed by atoms with van der Waals surface area (Å²) in [6, 6.07) is 5.79. The highest BCUT2D eigenvalue weighted by atomic mass is 35.5. The van der Waals surface area contributed by atoms with Gasteiger partial charge >= 0.3 is 0 Å². The number of aryl methyl sites for hydroxylation is 1. The lowest BCUT2D eigenvalue weighted by Gasteiger charge is -2.03. The second-order valence-electron chi connectivity index (χ2n) is 2.52. The zero-order chi connectivity index (χ0) is 8.97. The fourth-order valence-electron chi connectivity index (χ4n) is 0.856. The molecule has 0 unspecified atom stereocenters. The second kappa shape index (κ2) is 4.04. The molecule has 0 aliphatic rings. The largest absolute Gasteiger partial charge is 0.374 e. The molecule has 1 aromatic rings. The van der Waals surface area contributed by atoms with Crippen LogP contribution in [0.4, 0.5) is 5.69 Å². The molecule has 0 aliphatic heterocycles. The van der Waals surface area contributed by atoms with Gasteiger partial charge in [-0.3, -0.25) is 0 Å². The standard InChI is InChI=1S/C10H10ClN/c1-3-6-12-9-5-4-8(2)10(11)7-9/h1,4-5,7,12H,6H2,2H3. The molecule has 0 bridgehead atoms. The van der Waals surface area contributed by atoms with Crippen molar-refractivity contribution in [2.45, 2.75) is 6.92 Å². The summed E-state index contributed by atoms with van der Waals surface area (Å²) in [5, 5.41) is 3.80. The third kappa shape index (κ3) is 2.18. The van der Waals surface area contributed by atoms with E-state index < -0.39 is 0 Å². The molecule has 0 spiro atoms. The molecule has 12 heavy (non-hydrogen) atoms.